The number of hydrogen-bond donors (Lipinski definition) is 0. The molecule has 0 aromatic heterocycles. The molecule has 0 N–H and O–H groups in total. The van der Waals surface area contributed by atoms with Crippen molar-refractivity contribution in [2.45, 2.75) is 6.92 Å². The molecular weight excluding hydrogens is 200 g/mol. The molecule has 0 atom stereocenters. The van der Waals surface area contributed by atoms with Gasteiger partial charge in [-0.25, -0.2) is 4.79 Å². The third-order valence-corrected chi connectivity index (χ3v) is 1.07. The van der Waals surface area contributed by atoms with Crippen molar-refractivity contribution in [2.75, 3.05) is 25.2 Å². The van der Waals surface area contributed by atoms with Gasteiger partial charge in [0, 0.05) is 5.33 Å². The van der Waals surface area contributed by atoms with Gasteiger partial charge in [0.15, 0.2) is 0 Å². The van der Waals surface area contributed by atoms with Crippen LogP contribution < -0.4 is 0 Å². The van der Waals surface area contributed by atoms with E-state index in [1.165, 1.54) is 0 Å². The third kappa shape index (κ3) is 6.04. The molecule has 0 aliphatic carbocycles. The van der Waals surface area contributed by atoms with Crippen molar-refractivity contribution in [2.24, 2.45) is 0 Å². The largest absolute Gasteiger partial charge is 0.464 e. The summed E-state index contributed by atoms with van der Waals surface area (Å²) in [6, 6.07) is 0. The molecule has 10 heavy (non-hydrogen) atoms. The molecule has 0 fully saturated rings. The van der Waals surface area contributed by atoms with Gasteiger partial charge in [-0.1, -0.05) is 15.9 Å². The molecule has 0 aromatic carbocycles. The van der Waals surface area contributed by atoms with Crippen LogP contribution in [0.2, 0.25) is 0 Å². The summed E-state index contributed by atoms with van der Waals surface area (Å²) in [4.78, 5) is 10.6. The van der Waals surface area contributed by atoms with Gasteiger partial charge < -0.3 is 9.47 Å². The summed E-state index contributed by atoms with van der Waals surface area (Å²) in [6.45, 7) is 2.77. The molecule has 3 nitrogen and oxygen atoms in total. The molecule has 0 bridgehead atoms. The molecule has 0 saturated carbocycles. The average molecular weight is 211 g/mol. The number of esters is 1. The first-order valence-electron chi connectivity index (χ1n) is 3.10. The van der Waals surface area contributed by atoms with Crippen LogP contribution in [0.25, 0.3) is 0 Å². The molecule has 0 saturated heterocycles. The van der Waals surface area contributed by atoms with Crippen LogP contribution in [-0.2, 0) is 14.3 Å². The lowest BCUT2D eigenvalue weighted by atomic mass is 10.7. The Hall–Kier alpha value is -0.0900. The second kappa shape index (κ2) is 7.02. The Morgan fingerprint density at radius 1 is 1.60 bits per heavy atom. The molecule has 0 radical (unpaired) electrons. The van der Waals surface area contributed by atoms with E-state index < -0.39 is 0 Å². The first kappa shape index (κ1) is 9.91. The summed E-state index contributed by atoms with van der Waals surface area (Å²) in [5.41, 5.74) is 0. The highest BCUT2D eigenvalue weighted by atomic mass is 79.9. The van der Waals surface area contributed by atoms with E-state index in [9.17, 15) is 4.79 Å². The minimum Gasteiger partial charge on any atom is -0.464 e. The van der Waals surface area contributed by atoms with Crippen LogP contribution in [0.4, 0.5) is 0 Å². The van der Waals surface area contributed by atoms with Crippen molar-refractivity contribution in [1.29, 1.82) is 0 Å². The van der Waals surface area contributed by atoms with E-state index in [2.05, 4.69) is 20.7 Å². The Balaban J connectivity index is 3.05. The van der Waals surface area contributed by atoms with Gasteiger partial charge >= 0.3 is 5.97 Å². The van der Waals surface area contributed by atoms with E-state index >= 15 is 0 Å². The standard InChI is InChI=1S/C6H11BrO3/c1-2-10-6(8)5-9-4-3-7/h2-5H2,1H3. The Bertz CT molecular complexity index is 95.0. The van der Waals surface area contributed by atoms with Crippen molar-refractivity contribution >= 4 is 21.9 Å². The van der Waals surface area contributed by atoms with E-state index in [-0.39, 0.29) is 12.6 Å². The second-order valence-corrected chi connectivity index (χ2v) is 2.34. The van der Waals surface area contributed by atoms with Crippen LogP contribution in [-0.4, -0.2) is 31.1 Å². The van der Waals surface area contributed by atoms with Gasteiger partial charge in [0.1, 0.15) is 6.61 Å². The third-order valence-electron chi connectivity index (χ3n) is 0.747. The molecule has 60 valence electrons. The molecule has 0 rings (SSSR count). The fourth-order valence-corrected chi connectivity index (χ4v) is 0.642. The first-order chi connectivity index (χ1) is 4.81. The zero-order valence-corrected chi connectivity index (χ0v) is 7.52. The van der Waals surface area contributed by atoms with Gasteiger partial charge in [-0.2, -0.15) is 0 Å². The summed E-state index contributed by atoms with van der Waals surface area (Å²) in [5.74, 6) is -0.302. The van der Waals surface area contributed by atoms with Crippen molar-refractivity contribution in [3.63, 3.8) is 0 Å². The zero-order chi connectivity index (χ0) is 7.82. The predicted octanol–water partition coefficient (Wildman–Crippen LogP) is 0.961. The maximum Gasteiger partial charge on any atom is 0.332 e. The Morgan fingerprint density at radius 2 is 2.30 bits per heavy atom. The molecule has 0 aromatic rings. The molecule has 0 aliphatic heterocycles. The van der Waals surface area contributed by atoms with Crippen molar-refractivity contribution in [1.82, 2.24) is 0 Å². The fourth-order valence-electron chi connectivity index (χ4n) is 0.413. The van der Waals surface area contributed by atoms with Gasteiger partial charge in [0.2, 0.25) is 0 Å². The minimum atomic E-state index is -0.302. The van der Waals surface area contributed by atoms with E-state index in [1.54, 1.807) is 6.92 Å². The summed E-state index contributed by atoms with van der Waals surface area (Å²) >= 11 is 3.16. The molecule has 0 unspecified atom stereocenters. The summed E-state index contributed by atoms with van der Waals surface area (Å²) in [5, 5.41) is 0.742. The van der Waals surface area contributed by atoms with Gasteiger partial charge in [0.05, 0.1) is 13.2 Å². The van der Waals surface area contributed by atoms with Gasteiger partial charge in [-0.3, -0.25) is 0 Å². The topological polar surface area (TPSA) is 35.5 Å². The zero-order valence-electron chi connectivity index (χ0n) is 5.93. The fraction of sp³-hybridized carbons (Fsp3) is 0.833. The smallest absolute Gasteiger partial charge is 0.332 e. The van der Waals surface area contributed by atoms with Crippen LogP contribution in [0.15, 0.2) is 0 Å². The number of alkyl halides is 1. The van der Waals surface area contributed by atoms with Crippen LogP contribution in [0, 0.1) is 0 Å². The summed E-state index contributed by atoms with van der Waals surface area (Å²) in [7, 11) is 0. The van der Waals surface area contributed by atoms with Crippen LogP contribution in [0.1, 0.15) is 6.92 Å². The van der Waals surface area contributed by atoms with Crippen LogP contribution >= 0.6 is 15.9 Å². The predicted molar refractivity (Wildman–Crippen MR) is 41.2 cm³/mol. The van der Waals surface area contributed by atoms with E-state index in [0.717, 1.165) is 5.33 Å². The Morgan fingerprint density at radius 3 is 2.80 bits per heavy atom. The monoisotopic (exact) mass is 210 g/mol. The molecule has 0 heterocycles. The molecule has 0 aliphatic rings. The number of hydrogen-bond acceptors (Lipinski definition) is 3. The Labute approximate surface area is 68.8 Å². The highest BCUT2D eigenvalue weighted by Gasteiger charge is 1.98. The maximum atomic E-state index is 10.6. The van der Waals surface area contributed by atoms with Crippen molar-refractivity contribution in [3.05, 3.63) is 0 Å². The Kier molecular flexibility index (Phi) is 6.96. The maximum absolute atomic E-state index is 10.6. The normalized spacial score (nSPS) is 9.40. The van der Waals surface area contributed by atoms with Gasteiger partial charge in [-0.05, 0) is 6.92 Å². The molecule has 4 heteroatoms. The van der Waals surface area contributed by atoms with E-state index in [1.807, 2.05) is 0 Å². The lowest BCUT2D eigenvalue weighted by Crippen LogP contribution is -2.13. The number of rotatable bonds is 5. The first-order valence-corrected chi connectivity index (χ1v) is 4.22. The lowest BCUT2D eigenvalue weighted by Gasteiger charge is -2.00. The summed E-state index contributed by atoms with van der Waals surface area (Å²) < 4.78 is 9.48. The molecule has 0 amide bonds. The number of carbonyl (C=O) groups is 1. The highest BCUT2D eigenvalue weighted by molar-refractivity contribution is 9.09. The highest BCUT2D eigenvalue weighted by Crippen LogP contribution is 1.84. The molecule has 0 spiro atoms. The average Bonchev–Trinajstić information content (AvgIpc) is 1.89. The minimum absolute atomic E-state index is 0.0550. The SMILES string of the molecule is CCOC(=O)COCCBr. The number of halogens is 1. The number of ether oxygens (including phenoxy) is 2. The van der Waals surface area contributed by atoms with Crippen molar-refractivity contribution < 1.29 is 14.3 Å². The van der Waals surface area contributed by atoms with Gasteiger partial charge in [-0.15, -0.1) is 0 Å². The van der Waals surface area contributed by atoms with Crippen LogP contribution in [0.5, 0.6) is 0 Å². The van der Waals surface area contributed by atoms with E-state index in [4.69, 9.17) is 4.74 Å². The second-order valence-electron chi connectivity index (χ2n) is 1.55. The van der Waals surface area contributed by atoms with E-state index in [0.29, 0.717) is 13.2 Å². The summed E-state index contributed by atoms with van der Waals surface area (Å²) in [6.07, 6.45) is 0. The quantitative estimate of drug-likeness (QED) is 0.386. The van der Waals surface area contributed by atoms with Crippen molar-refractivity contribution in [3.8, 4) is 0 Å². The molecular formula is C6H11BrO3. The van der Waals surface area contributed by atoms with Crippen LogP contribution in [0.3, 0.4) is 0 Å². The number of carbonyl (C=O) groups excluding carboxylic acids is 1. The van der Waals surface area contributed by atoms with Gasteiger partial charge in [0.25, 0.3) is 0 Å². The lowest BCUT2D eigenvalue weighted by molar-refractivity contribution is -0.148.